The molecule has 0 unspecified atom stereocenters. The summed E-state index contributed by atoms with van der Waals surface area (Å²) in [7, 11) is 0. The zero-order valence-electron chi connectivity index (χ0n) is 6.56. The fourth-order valence-corrected chi connectivity index (χ4v) is 0.675. The smallest absolute Gasteiger partial charge is 0.422 e. The Morgan fingerprint density at radius 1 is 1.54 bits per heavy atom. The highest BCUT2D eigenvalue weighted by Crippen LogP contribution is 2.14. The Balaban J connectivity index is 2.10. The fraction of sp³-hybridized carbons (Fsp3) is 0.833. The van der Waals surface area contributed by atoms with Crippen molar-refractivity contribution in [3.8, 4) is 0 Å². The molecular weight excluding hydrogens is 191 g/mol. The lowest BCUT2D eigenvalue weighted by molar-refractivity contribution is -0.160. The average Bonchev–Trinajstić information content (AvgIpc) is 1.91. The lowest BCUT2D eigenvalue weighted by Gasteiger charge is -2.26. The number of alkyl halides is 3. The molecule has 0 aromatic carbocycles. The molecule has 1 heterocycles. The van der Waals surface area contributed by atoms with Gasteiger partial charge in [-0.1, -0.05) is 0 Å². The van der Waals surface area contributed by atoms with E-state index >= 15 is 0 Å². The summed E-state index contributed by atoms with van der Waals surface area (Å²) in [6.07, 6.45) is -5.54. The lowest BCUT2D eigenvalue weighted by Crippen LogP contribution is -2.49. The molecule has 13 heavy (non-hydrogen) atoms. The third-order valence-corrected chi connectivity index (χ3v) is 1.33. The third-order valence-electron chi connectivity index (χ3n) is 1.33. The molecule has 76 valence electrons. The molecule has 0 bridgehead atoms. The maximum atomic E-state index is 11.5. The first-order chi connectivity index (χ1) is 5.97. The van der Waals surface area contributed by atoms with Gasteiger partial charge in [0.25, 0.3) is 0 Å². The molecule has 1 rings (SSSR count). The van der Waals surface area contributed by atoms with Crippen LogP contribution in [0.1, 0.15) is 0 Å². The fourth-order valence-electron chi connectivity index (χ4n) is 0.675. The number of carbonyl (C=O) groups is 1. The summed E-state index contributed by atoms with van der Waals surface area (Å²) in [4.78, 5) is 10.6. The summed E-state index contributed by atoms with van der Waals surface area (Å²) in [6.45, 7) is -0.922. The zero-order chi connectivity index (χ0) is 9.90. The van der Waals surface area contributed by atoms with Gasteiger partial charge in [-0.2, -0.15) is 13.2 Å². The molecule has 1 saturated heterocycles. The molecule has 1 N–H and O–H groups in total. The number of ether oxygens (including phenoxy) is 2. The predicted molar refractivity (Wildman–Crippen MR) is 35.1 cm³/mol. The van der Waals surface area contributed by atoms with E-state index in [0.717, 1.165) is 0 Å². The Bertz CT molecular complexity index is 190. The van der Waals surface area contributed by atoms with Crippen molar-refractivity contribution in [2.75, 3.05) is 19.8 Å². The van der Waals surface area contributed by atoms with Crippen LogP contribution in [0.3, 0.4) is 0 Å². The summed E-state index contributed by atoms with van der Waals surface area (Å²) in [5.41, 5.74) is 0. The molecule has 1 amide bonds. The first-order valence-corrected chi connectivity index (χ1v) is 3.55. The first-order valence-electron chi connectivity index (χ1n) is 3.55. The second-order valence-corrected chi connectivity index (χ2v) is 2.57. The number of hydrogen-bond donors (Lipinski definition) is 1. The van der Waals surface area contributed by atoms with Crippen molar-refractivity contribution >= 4 is 6.09 Å². The largest absolute Gasteiger partial charge is 0.440 e. The molecule has 0 atom stereocenters. The number of rotatable bonds is 2. The van der Waals surface area contributed by atoms with Crippen LogP contribution in [0.2, 0.25) is 0 Å². The van der Waals surface area contributed by atoms with Gasteiger partial charge in [0.2, 0.25) is 0 Å². The van der Waals surface area contributed by atoms with E-state index in [9.17, 15) is 18.0 Å². The minimum Gasteiger partial charge on any atom is -0.440 e. The highest BCUT2D eigenvalue weighted by molar-refractivity contribution is 5.67. The molecule has 7 heteroatoms. The second kappa shape index (κ2) is 3.82. The molecular formula is C6H8F3NO3. The monoisotopic (exact) mass is 199 g/mol. The van der Waals surface area contributed by atoms with Crippen LogP contribution in [0.5, 0.6) is 0 Å². The van der Waals surface area contributed by atoms with Crippen molar-refractivity contribution < 1.29 is 27.4 Å². The predicted octanol–water partition coefficient (Wildman–Crippen LogP) is 0.674. The summed E-state index contributed by atoms with van der Waals surface area (Å²) in [5, 5.41) is 2.20. The molecule has 4 nitrogen and oxygen atoms in total. The van der Waals surface area contributed by atoms with E-state index in [1.807, 2.05) is 0 Å². The van der Waals surface area contributed by atoms with Crippen LogP contribution >= 0.6 is 0 Å². The minimum absolute atomic E-state index is 0.222. The Morgan fingerprint density at radius 2 is 2.15 bits per heavy atom. The van der Waals surface area contributed by atoms with Crippen LogP contribution in [0.25, 0.3) is 0 Å². The van der Waals surface area contributed by atoms with Crippen molar-refractivity contribution in [3.63, 3.8) is 0 Å². The number of amides is 1. The molecule has 1 aliphatic heterocycles. The maximum absolute atomic E-state index is 11.5. The van der Waals surface area contributed by atoms with Gasteiger partial charge < -0.3 is 14.8 Å². The molecule has 0 spiro atoms. The van der Waals surface area contributed by atoms with Crippen molar-refractivity contribution in [2.24, 2.45) is 0 Å². The highest BCUT2D eigenvalue weighted by atomic mass is 19.4. The first kappa shape index (κ1) is 10.1. The Labute approximate surface area is 72.0 Å². The molecule has 0 aromatic rings. The lowest BCUT2D eigenvalue weighted by atomic mass is 10.3. The maximum Gasteiger partial charge on any atom is 0.422 e. The van der Waals surface area contributed by atoms with Gasteiger partial charge >= 0.3 is 12.3 Å². The minimum atomic E-state index is -4.48. The molecule has 0 aliphatic carbocycles. The van der Waals surface area contributed by atoms with Crippen molar-refractivity contribution in [2.45, 2.75) is 12.2 Å². The van der Waals surface area contributed by atoms with Crippen LogP contribution in [-0.2, 0) is 9.47 Å². The van der Waals surface area contributed by atoms with E-state index < -0.39 is 18.9 Å². The molecule has 0 radical (unpaired) electrons. The average molecular weight is 199 g/mol. The molecule has 1 aliphatic rings. The van der Waals surface area contributed by atoms with Crippen LogP contribution in [0.15, 0.2) is 0 Å². The Morgan fingerprint density at radius 3 is 2.54 bits per heavy atom. The zero-order valence-corrected chi connectivity index (χ0v) is 6.56. The summed E-state index contributed by atoms with van der Waals surface area (Å²) >= 11 is 0. The number of carbonyl (C=O) groups excluding carboxylic acids is 1. The van der Waals surface area contributed by atoms with E-state index in [1.165, 1.54) is 0 Å². The summed E-state index contributed by atoms with van der Waals surface area (Å²) < 4.78 is 43.1. The number of halogens is 3. The summed E-state index contributed by atoms with van der Waals surface area (Å²) in [5.74, 6) is 0. The van der Waals surface area contributed by atoms with E-state index in [0.29, 0.717) is 13.2 Å². The van der Waals surface area contributed by atoms with E-state index in [4.69, 9.17) is 0 Å². The van der Waals surface area contributed by atoms with Crippen molar-refractivity contribution in [1.29, 1.82) is 0 Å². The van der Waals surface area contributed by atoms with Crippen LogP contribution < -0.4 is 5.32 Å². The van der Waals surface area contributed by atoms with Gasteiger partial charge in [-0.05, 0) is 0 Å². The van der Waals surface area contributed by atoms with Crippen LogP contribution in [0.4, 0.5) is 18.0 Å². The summed E-state index contributed by atoms with van der Waals surface area (Å²) in [6, 6.07) is -0.222. The van der Waals surface area contributed by atoms with Gasteiger partial charge in [-0.25, -0.2) is 4.79 Å². The van der Waals surface area contributed by atoms with E-state index in [1.54, 1.807) is 0 Å². The second-order valence-electron chi connectivity index (χ2n) is 2.57. The van der Waals surface area contributed by atoms with Gasteiger partial charge in [0.05, 0.1) is 19.3 Å². The number of alkyl carbamates (subject to hydrolysis) is 1. The molecule has 0 aromatic heterocycles. The topological polar surface area (TPSA) is 47.6 Å². The van der Waals surface area contributed by atoms with Crippen molar-refractivity contribution in [1.82, 2.24) is 5.32 Å². The van der Waals surface area contributed by atoms with Gasteiger partial charge in [0.1, 0.15) is 0 Å². The highest BCUT2D eigenvalue weighted by Gasteiger charge is 2.30. The SMILES string of the molecule is O=C(NC1COC1)OCC(F)(F)F. The van der Waals surface area contributed by atoms with Crippen LogP contribution in [0, 0.1) is 0 Å². The molecule has 1 fully saturated rings. The number of hydrogen-bond acceptors (Lipinski definition) is 3. The van der Waals surface area contributed by atoms with Gasteiger partial charge in [-0.15, -0.1) is 0 Å². The van der Waals surface area contributed by atoms with E-state index in [2.05, 4.69) is 14.8 Å². The standard InChI is InChI=1S/C6H8F3NO3/c7-6(8,9)3-13-5(11)10-4-1-12-2-4/h4H,1-3H2,(H,10,11). The Hall–Kier alpha value is -0.980. The number of nitrogens with one attached hydrogen (secondary N) is 1. The normalized spacial score (nSPS) is 17.8. The molecule has 0 saturated carbocycles. The van der Waals surface area contributed by atoms with Gasteiger partial charge in [0.15, 0.2) is 6.61 Å². The van der Waals surface area contributed by atoms with Crippen molar-refractivity contribution in [3.05, 3.63) is 0 Å². The Kier molecular flexibility index (Phi) is 2.97. The van der Waals surface area contributed by atoms with Gasteiger partial charge in [-0.3, -0.25) is 0 Å². The quantitative estimate of drug-likeness (QED) is 0.711. The third kappa shape index (κ3) is 3.97. The van der Waals surface area contributed by atoms with E-state index in [-0.39, 0.29) is 6.04 Å². The van der Waals surface area contributed by atoms with Gasteiger partial charge in [0, 0.05) is 0 Å². The van der Waals surface area contributed by atoms with Crippen LogP contribution in [-0.4, -0.2) is 38.1 Å².